The van der Waals surface area contributed by atoms with Crippen molar-refractivity contribution in [3.05, 3.63) is 29.5 Å². The van der Waals surface area contributed by atoms with Gasteiger partial charge in [0.2, 0.25) is 11.8 Å². The molecular formula is C26H35N5O4. The number of carbonyl (C=O) groups is 3. The number of nitrogens with one attached hydrogen (secondary N) is 1. The number of likely N-dealkylation sites (tertiary alicyclic amines) is 2. The Kier molecular flexibility index (Phi) is 6.77. The largest absolute Gasteiger partial charge is 0.450 e. The van der Waals surface area contributed by atoms with Gasteiger partial charge in [-0.3, -0.25) is 19.6 Å². The lowest BCUT2D eigenvalue weighted by atomic mass is 9.87. The highest BCUT2D eigenvalue weighted by molar-refractivity contribution is 6.02. The predicted octanol–water partition coefficient (Wildman–Crippen LogP) is 2.89. The van der Waals surface area contributed by atoms with Crippen LogP contribution in [0.25, 0.3) is 10.9 Å². The number of hydrogen-bond donors (Lipinski definition) is 1. The highest BCUT2D eigenvalue weighted by atomic mass is 16.6. The van der Waals surface area contributed by atoms with Crippen molar-refractivity contribution in [1.29, 1.82) is 0 Å². The minimum absolute atomic E-state index is 0.184. The van der Waals surface area contributed by atoms with E-state index in [1.54, 1.807) is 0 Å². The van der Waals surface area contributed by atoms with Crippen molar-refractivity contribution < 1.29 is 19.1 Å². The zero-order valence-corrected chi connectivity index (χ0v) is 20.7. The molecule has 3 aliphatic heterocycles. The van der Waals surface area contributed by atoms with Crippen LogP contribution in [-0.4, -0.2) is 76.3 Å². The number of piperidine rings is 3. The number of hydrogen-bond acceptors (Lipinski definition) is 6. The number of aromatic nitrogens is 2. The molecule has 3 aliphatic rings. The number of fused-ring (bicyclic) bond motifs is 1. The van der Waals surface area contributed by atoms with Gasteiger partial charge in [0, 0.05) is 38.0 Å². The monoisotopic (exact) mass is 481 g/mol. The molecule has 5 rings (SSSR count). The lowest BCUT2D eigenvalue weighted by molar-refractivity contribution is -0.134. The lowest BCUT2D eigenvalue weighted by Gasteiger charge is -2.41. The van der Waals surface area contributed by atoms with Gasteiger partial charge in [0.05, 0.1) is 23.7 Å². The Morgan fingerprint density at radius 1 is 1.09 bits per heavy atom. The van der Waals surface area contributed by atoms with Crippen molar-refractivity contribution in [3.63, 3.8) is 0 Å². The second-order valence-corrected chi connectivity index (χ2v) is 10.0. The molecule has 0 bridgehead atoms. The Balaban J connectivity index is 1.21. The van der Waals surface area contributed by atoms with Crippen molar-refractivity contribution >= 4 is 28.8 Å². The van der Waals surface area contributed by atoms with Crippen LogP contribution in [0.4, 0.5) is 4.79 Å². The summed E-state index contributed by atoms with van der Waals surface area (Å²) in [4.78, 5) is 40.4. The Morgan fingerprint density at radius 2 is 1.83 bits per heavy atom. The van der Waals surface area contributed by atoms with Crippen LogP contribution in [0.5, 0.6) is 0 Å². The van der Waals surface area contributed by atoms with Crippen LogP contribution in [0, 0.1) is 0 Å². The molecule has 9 heteroatoms. The Hall–Kier alpha value is -2.94. The average molecular weight is 482 g/mol. The van der Waals surface area contributed by atoms with Crippen molar-refractivity contribution in [2.75, 3.05) is 32.8 Å². The van der Waals surface area contributed by atoms with E-state index < -0.39 is 0 Å². The molecule has 35 heavy (non-hydrogen) atoms. The smallest absolute Gasteiger partial charge is 0.409 e. The van der Waals surface area contributed by atoms with Gasteiger partial charge < -0.3 is 14.5 Å². The lowest BCUT2D eigenvalue weighted by Crippen LogP contribution is -2.48. The van der Waals surface area contributed by atoms with E-state index >= 15 is 0 Å². The van der Waals surface area contributed by atoms with Gasteiger partial charge in [-0.2, -0.15) is 5.10 Å². The van der Waals surface area contributed by atoms with E-state index in [-0.39, 0.29) is 23.8 Å². The van der Waals surface area contributed by atoms with Crippen LogP contribution >= 0.6 is 0 Å². The zero-order valence-electron chi connectivity index (χ0n) is 20.7. The molecule has 1 unspecified atom stereocenters. The van der Waals surface area contributed by atoms with Crippen LogP contribution in [0.3, 0.4) is 0 Å². The van der Waals surface area contributed by atoms with E-state index in [4.69, 9.17) is 4.74 Å². The van der Waals surface area contributed by atoms with Gasteiger partial charge in [0.15, 0.2) is 0 Å². The van der Waals surface area contributed by atoms with Crippen molar-refractivity contribution in [2.24, 2.45) is 7.05 Å². The highest BCUT2D eigenvalue weighted by Crippen LogP contribution is 2.35. The summed E-state index contributed by atoms with van der Waals surface area (Å²) < 4.78 is 7.01. The van der Waals surface area contributed by atoms with Crippen LogP contribution < -0.4 is 5.32 Å². The molecule has 1 N–H and O–H groups in total. The number of amides is 3. The van der Waals surface area contributed by atoms with Crippen LogP contribution in [0.1, 0.15) is 68.5 Å². The van der Waals surface area contributed by atoms with Crippen molar-refractivity contribution in [2.45, 2.75) is 63.3 Å². The third-order valence-electron chi connectivity index (χ3n) is 7.98. The fraction of sp³-hybridized carbons (Fsp3) is 0.615. The molecule has 3 fully saturated rings. The van der Waals surface area contributed by atoms with E-state index in [0.717, 1.165) is 68.5 Å². The molecule has 1 aromatic heterocycles. The van der Waals surface area contributed by atoms with E-state index in [2.05, 4.69) is 33.5 Å². The first-order valence-corrected chi connectivity index (χ1v) is 12.9. The molecule has 9 nitrogen and oxygen atoms in total. The molecule has 4 heterocycles. The maximum Gasteiger partial charge on any atom is 0.409 e. The van der Waals surface area contributed by atoms with Crippen LogP contribution in [-0.2, 0) is 21.4 Å². The van der Waals surface area contributed by atoms with E-state index in [1.165, 1.54) is 5.56 Å². The van der Waals surface area contributed by atoms with E-state index in [1.807, 2.05) is 23.6 Å². The molecule has 2 aromatic rings. The van der Waals surface area contributed by atoms with Gasteiger partial charge in [-0.1, -0.05) is 12.1 Å². The fourth-order valence-corrected chi connectivity index (χ4v) is 5.99. The number of benzene rings is 1. The van der Waals surface area contributed by atoms with Gasteiger partial charge in [-0.15, -0.1) is 0 Å². The number of ether oxygens (including phenoxy) is 1. The molecule has 0 aliphatic carbocycles. The Bertz CT molecular complexity index is 1110. The minimum atomic E-state index is -0.374. The average Bonchev–Trinajstić information content (AvgIpc) is 3.20. The minimum Gasteiger partial charge on any atom is -0.450 e. The summed E-state index contributed by atoms with van der Waals surface area (Å²) in [6, 6.07) is 7.07. The number of rotatable bonds is 4. The molecule has 0 radical (unpaired) electrons. The van der Waals surface area contributed by atoms with Crippen molar-refractivity contribution in [1.82, 2.24) is 24.9 Å². The summed E-state index contributed by atoms with van der Waals surface area (Å²) in [5.41, 5.74) is 3.13. The van der Waals surface area contributed by atoms with Gasteiger partial charge in [0.25, 0.3) is 0 Å². The normalized spacial score (nSPS) is 23.0. The summed E-state index contributed by atoms with van der Waals surface area (Å²) in [6.07, 6.45) is 4.92. The summed E-state index contributed by atoms with van der Waals surface area (Å²) in [5.74, 6) is -0.319. The molecule has 0 saturated carbocycles. The zero-order chi connectivity index (χ0) is 24.5. The molecule has 3 saturated heterocycles. The number of imide groups is 1. The first-order valence-electron chi connectivity index (χ1n) is 12.9. The Labute approximate surface area is 205 Å². The summed E-state index contributed by atoms with van der Waals surface area (Å²) in [5, 5.41) is 8.13. The molecule has 188 valence electrons. The topological polar surface area (TPSA) is 96.8 Å². The predicted molar refractivity (Wildman–Crippen MR) is 131 cm³/mol. The summed E-state index contributed by atoms with van der Waals surface area (Å²) in [7, 11) is 1.92. The van der Waals surface area contributed by atoms with Gasteiger partial charge >= 0.3 is 6.09 Å². The molecule has 1 aromatic carbocycles. The quantitative estimate of drug-likeness (QED) is 0.675. The first kappa shape index (κ1) is 23.8. The van der Waals surface area contributed by atoms with Crippen LogP contribution in [0.2, 0.25) is 0 Å². The standard InChI is InChI=1S/C26H35N5O4/c1-3-35-26(34)31-14-10-19(11-15-31)30-12-8-17(9-13-30)18-4-5-20-22(16-18)29(2)28-24(20)21-6-7-23(32)27-25(21)33/h4-5,16-17,19,21H,3,6-15H2,1-2H3,(H,27,32,33). The molecule has 3 amide bonds. The maximum atomic E-state index is 12.4. The van der Waals surface area contributed by atoms with Crippen LogP contribution in [0.15, 0.2) is 18.2 Å². The Morgan fingerprint density at radius 3 is 2.51 bits per heavy atom. The van der Waals surface area contributed by atoms with Gasteiger partial charge in [0.1, 0.15) is 0 Å². The molecular weight excluding hydrogens is 446 g/mol. The third kappa shape index (κ3) is 4.78. The van der Waals surface area contributed by atoms with E-state index in [0.29, 0.717) is 31.4 Å². The number of carbonyl (C=O) groups excluding carboxylic acids is 3. The van der Waals surface area contributed by atoms with E-state index in [9.17, 15) is 14.4 Å². The summed E-state index contributed by atoms with van der Waals surface area (Å²) in [6.45, 7) is 5.96. The van der Waals surface area contributed by atoms with Gasteiger partial charge in [-0.05, 0) is 69.7 Å². The second kappa shape index (κ2) is 9.97. The third-order valence-corrected chi connectivity index (χ3v) is 7.98. The number of aryl methyl sites for hydroxylation is 1. The maximum absolute atomic E-state index is 12.4. The second-order valence-electron chi connectivity index (χ2n) is 10.0. The van der Waals surface area contributed by atoms with Gasteiger partial charge in [-0.25, -0.2) is 4.79 Å². The number of nitrogens with zero attached hydrogens (tertiary/aromatic N) is 4. The first-order chi connectivity index (χ1) is 16.9. The SMILES string of the molecule is CCOC(=O)N1CCC(N2CCC(c3ccc4c(C5CCC(=O)NC5=O)nn(C)c4c3)CC2)CC1. The van der Waals surface area contributed by atoms with Crippen molar-refractivity contribution in [3.8, 4) is 0 Å². The fourth-order valence-electron chi connectivity index (χ4n) is 5.99. The highest BCUT2D eigenvalue weighted by Gasteiger charge is 2.33. The summed E-state index contributed by atoms with van der Waals surface area (Å²) >= 11 is 0. The molecule has 0 spiro atoms. The molecule has 1 atom stereocenters.